The molecule has 0 radical (unpaired) electrons. The molecule has 0 N–H and O–H groups in total. The molecule has 0 unspecified atom stereocenters. The Kier molecular flexibility index (Phi) is 3.23. The van der Waals surface area contributed by atoms with Crippen LogP contribution in [0, 0.1) is 0 Å². The van der Waals surface area contributed by atoms with Crippen molar-refractivity contribution in [2.75, 3.05) is 6.61 Å². The van der Waals surface area contributed by atoms with Gasteiger partial charge in [-0.15, -0.1) is 0 Å². The first-order valence-corrected chi connectivity index (χ1v) is 5.45. The van der Waals surface area contributed by atoms with Gasteiger partial charge in [-0.1, -0.05) is 0 Å². The van der Waals surface area contributed by atoms with E-state index in [1.165, 1.54) is 0 Å². The van der Waals surface area contributed by atoms with Gasteiger partial charge in [0, 0.05) is 24.4 Å². The van der Waals surface area contributed by atoms with E-state index in [0.29, 0.717) is 17.9 Å². The van der Waals surface area contributed by atoms with Crippen LogP contribution < -0.4 is 4.74 Å². The van der Waals surface area contributed by atoms with Gasteiger partial charge in [0.15, 0.2) is 0 Å². The van der Waals surface area contributed by atoms with Gasteiger partial charge in [0.05, 0.1) is 12.8 Å². The van der Waals surface area contributed by atoms with Gasteiger partial charge < -0.3 is 4.74 Å². The number of benzene rings is 1. The van der Waals surface area contributed by atoms with Crippen LogP contribution in [-0.4, -0.2) is 22.7 Å². The van der Waals surface area contributed by atoms with Gasteiger partial charge in [-0.3, -0.25) is 9.48 Å². The van der Waals surface area contributed by atoms with Crippen LogP contribution in [0.15, 0.2) is 30.6 Å². The Labute approximate surface area is 99.8 Å². The number of aryl methyl sites for hydroxylation is 1. The van der Waals surface area contributed by atoms with Crippen LogP contribution in [0.2, 0.25) is 0 Å². The molecule has 2 aromatic rings. The smallest absolute Gasteiger partial charge is 0.150 e. The number of carbonyl (C=O) groups excluding carboxylic acids is 1. The fourth-order valence-corrected chi connectivity index (χ4v) is 1.68. The van der Waals surface area contributed by atoms with Crippen molar-refractivity contribution < 1.29 is 9.53 Å². The molecule has 1 aromatic carbocycles. The maximum atomic E-state index is 10.9. The number of hydrogen-bond donors (Lipinski definition) is 0. The Morgan fingerprint density at radius 3 is 2.76 bits per heavy atom. The minimum Gasteiger partial charge on any atom is -0.494 e. The third-order valence-corrected chi connectivity index (χ3v) is 2.41. The Bertz CT molecular complexity index is 532. The highest BCUT2D eigenvalue weighted by molar-refractivity contribution is 5.80. The van der Waals surface area contributed by atoms with Crippen molar-refractivity contribution in [1.29, 1.82) is 0 Å². The summed E-state index contributed by atoms with van der Waals surface area (Å²) in [5.41, 5.74) is 2.51. The second kappa shape index (κ2) is 4.82. The topological polar surface area (TPSA) is 44.1 Å². The van der Waals surface area contributed by atoms with E-state index in [2.05, 4.69) is 5.10 Å². The summed E-state index contributed by atoms with van der Waals surface area (Å²) in [5.74, 6) is 0.705. The molecule has 17 heavy (non-hydrogen) atoms. The second-order valence-electron chi connectivity index (χ2n) is 3.74. The normalized spacial score (nSPS) is 10.2. The summed E-state index contributed by atoms with van der Waals surface area (Å²) in [6.45, 7) is 2.49. The molecule has 0 aliphatic rings. The van der Waals surface area contributed by atoms with Crippen molar-refractivity contribution >= 4 is 6.29 Å². The van der Waals surface area contributed by atoms with Gasteiger partial charge in [-0.05, 0) is 30.7 Å². The Morgan fingerprint density at radius 2 is 2.18 bits per heavy atom. The fraction of sp³-hybridized carbons (Fsp3) is 0.231. The SMILES string of the molecule is CCOc1cc(C=O)cc(-c2cnn(C)c2)c1. The molecule has 88 valence electrons. The molecule has 0 saturated heterocycles. The summed E-state index contributed by atoms with van der Waals surface area (Å²) in [6, 6.07) is 5.47. The highest BCUT2D eigenvalue weighted by Crippen LogP contribution is 2.25. The third-order valence-electron chi connectivity index (χ3n) is 2.41. The second-order valence-corrected chi connectivity index (χ2v) is 3.74. The van der Waals surface area contributed by atoms with Gasteiger partial charge in [-0.25, -0.2) is 0 Å². The number of hydrogen-bond acceptors (Lipinski definition) is 3. The summed E-state index contributed by atoms with van der Waals surface area (Å²) in [5, 5.41) is 4.11. The summed E-state index contributed by atoms with van der Waals surface area (Å²) < 4.78 is 7.16. The lowest BCUT2D eigenvalue weighted by Crippen LogP contribution is -1.93. The van der Waals surface area contributed by atoms with E-state index < -0.39 is 0 Å². The summed E-state index contributed by atoms with van der Waals surface area (Å²) in [7, 11) is 1.86. The van der Waals surface area contributed by atoms with Crippen molar-refractivity contribution in [3.63, 3.8) is 0 Å². The Balaban J connectivity index is 2.45. The molecule has 0 bridgehead atoms. The molecule has 0 spiro atoms. The van der Waals surface area contributed by atoms with Crippen molar-refractivity contribution in [3.05, 3.63) is 36.2 Å². The molecule has 2 rings (SSSR count). The number of carbonyl (C=O) groups is 1. The number of aromatic nitrogens is 2. The first-order chi connectivity index (χ1) is 8.22. The van der Waals surface area contributed by atoms with Gasteiger partial charge in [-0.2, -0.15) is 5.10 Å². The number of nitrogens with zero attached hydrogens (tertiary/aromatic N) is 2. The quantitative estimate of drug-likeness (QED) is 0.757. The molecular weight excluding hydrogens is 216 g/mol. The lowest BCUT2D eigenvalue weighted by Gasteiger charge is -2.06. The zero-order valence-corrected chi connectivity index (χ0v) is 9.88. The average molecular weight is 230 g/mol. The van der Waals surface area contributed by atoms with E-state index in [1.54, 1.807) is 16.9 Å². The van der Waals surface area contributed by atoms with Gasteiger partial charge in [0.25, 0.3) is 0 Å². The molecule has 1 aromatic heterocycles. The predicted molar refractivity (Wildman–Crippen MR) is 65.2 cm³/mol. The Morgan fingerprint density at radius 1 is 1.35 bits per heavy atom. The zero-order chi connectivity index (χ0) is 12.3. The van der Waals surface area contributed by atoms with E-state index in [1.807, 2.05) is 32.3 Å². The van der Waals surface area contributed by atoms with Gasteiger partial charge >= 0.3 is 0 Å². The van der Waals surface area contributed by atoms with Crippen molar-refractivity contribution in [3.8, 4) is 16.9 Å². The standard InChI is InChI=1S/C13H14N2O2/c1-3-17-13-5-10(9-16)4-11(6-13)12-7-14-15(2)8-12/h4-9H,3H2,1-2H3. The lowest BCUT2D eigenvalue weighted by atomic mass is 10.1. The minimum absolute atomic E-state index is 0.578. The zero-order valence-electron chi connectivity index (χ0n) is 9.88. The van der Waals surface area contributed by atoms with Crippen molar-refractivity contribution in [2.45, 2.75) is 6.92 Å². The molecule has 0 saturated carbocycles. The monoisotopic (exact) mass is 230 g/mol. The van der Waals surface area contributed by atoms with E-state index >= 15 is 0 Å². The van der Waals surface area contributed by atoms with E-state index in [4.69, 9.17) is 4.74 Å². The summed E-state index contributed by atoms with van der Waals surface area (Å²) in [6.07, 6.45) is 4.49. The highest BCUT2D eigenvalue weighted by Gasteiger charge is 2.05. The molecule has 0 amide bonds. The maximum Gasteiger partial charge on any atom is 0.150 e. The summed E-state index contributed by atoms with van der Waals surface area (Å²) in [4.78, 5) is 10.9. The third kappa shape index (κ3) is 2.53. The molecule has 4 heteroatoms. The van der Waals surface area contributed by atoms with Crippen LogP contribution in [-0.2, 0) is 7.05 Å². The molecule has 0 atom stereocenters. The summed E-state index contributed by atoms with van der Waals surface area (Å²) >= 11 is 0. The van der Waals surface area contributed by atoms with E-state index in [9.17, 15) is 4.79 Å². The highest BCUT2D eigenvalue weighted by atomic mass is 16.5. The first-order valence-electron chi connectivity index (χ1n) is 5.45. The Hall–Kier alpha value is -2.10. The van der Waals surface area contributed by atoms with Crippen molar-refractivity contribution in [2.24, 2.45) is 7.05 Å². The molecule has 4 nitrogen and oxygen atoms in total. The van der Waals surface area contributed by atoms with Crippen LogP contribution in [0.25, 0.3) is 11.1 Å². The van der Waals surface area contributed by atoms with Crippen LogP contribution in [0.1, 0.15) is 17.3 Å². The van der Waals surface area contributed by atoms with E-state index in [-0.39, 0.29) is 0 Å². The minimum atomic E-state index is 0.578. The maximum absolute atomic E-state index is 10.9. The van der Waals surface area contributed by atoms with Gasteiger partial charge in [0.2, 0.25) is 0 Å². The van der Waals surface area contributed by atoms with Gasteiger partial charge in [0.1, 0.15) is 12.0 Å². The lowest BCUT2D eigenvalue weighted by molar-refractivity contribution is 0.112. The largest absolute Gasteiger partial charge is 0.494 e. The van der Waals surface area contributed by atoms with Crippen LogP contribution in [0.3, 0.4) is 0 Å². The van der Waals surface area contributed by atoms with Crippen LogP contribution >= 0.6 is 0 Å². The predicted octanol–water partition coefficient (Wildman–Crippen LogP) is 2.30. The average Bonchev–Trinajstić information content (AvgIpc) is 2.76. The van der Waals surface area contributed by atoms with Crippen LogP contribution in [0.5, 0.6) is 5.75 Å². The van der Waals surface area contributed by atoms with E-state index in [0.717, 1.165) is 17.4 Å². The van der Waals surface area contributed by atoms with Crippen molar-refractivity contribution in [1.82, 2.24) is 9.78 Å². The number of aldehydes is 1. The molecule has 0 aliphatic carbocycles. The number of rotatable bonds is 4. The molecule has 0 fully saturated rings. The molecular formula is C13H14N2O2. The van der Waals surface area contributed by atoms with Crippen LogP contribution in [0.4, 0.5) is 0 Å². The first kappa shape index (κ1) is 11.4. The number of ether oxygens (including phenoxy) is 1. The fourth-order valence-electron chi connectivity index (χ4n) is 1.68. The molecule has 0 aliphatic heterocycles. The molecule has 1 heterocycles.